The van der Waals surface area contributed by atoms with Crippen molar-refractivity contribution in [3.63, 3.8) is 0 Å². The Kier molecular flexibility index (Phi) is 2.81. The first-order valence-corrected chi connectivity index (χ1v) is 7.25. The number of hydrogen-bond acceptors (Lipinski definition) is 6. The standard InChI is InChI=1S/C15H20O6/c1-8-10(17)4-15-13(3,9(2)16)7-20-11(18)5-14(8,15)6-12(19)21-15/h8,10,17H,4-7H2,1-3H3/t8-,10-,13-,14+,15+/m1/s1. The van der Waals surface area contributed by atoms with E-state index in [0.717, 1.165) is 0 Å². The van der Waals surface area contributed by atoms with Gasteiger partial charge in [-0.1, -0.05) is 6.92 Å². The zero-order valence-electron chi connectivity index (χ0n) is 12.5. The van der Waals surface area contributed by atoms with Gasteiger partial charge in [0, 0.05) is 11.8 Å². The molecular weight excluding hydrogens is 276 g/mol. The normalized spacial score (nSPS) is 49.0. The zero-order chi connectivity index (χ0) is 15.6. The van der Waals surface area contributed by atoms with Gasteiger partial charge in [0.05, 0.1) is 18.9 Å². The van der Waals surface area contributed by atoms with E-state index in [0.29, 0.717) is 0 Å². The van der Waals surface area contributed by atoms with Crippen LogP contribution < -0.4 is 0 Å². The van der Waals surface area contributed by atoms with Crippen molar-refractivity contribution in [1.29, 1.82) is 0 Å². The van der Waals surface area contributed by atoms with Gasteiger partial charge in [0.15, 0.2) is 0 Å². The van der Waals surface area contributed by atoms with Crippen molar-refractivity contribution in [1.82, 2.24) is 0 Å². The van der Waals surface area contributed by atoms with Gasteiger partial charge in [-0.15, -0.1) is 0 Å². The van der Waals surface area contributed by atoms with Crippen molar-refractivity contribution in [3.8, 4) is 0 Å². The van der Waals surface area contributed by atoms with Crippen LogP contribution in [0.15, 0.2) is 0 Å². The first kappa shape index (κ1) is 14.5. The van der Waals surface area contributed by atoms with E-state index in [-0.39, 0.29) is 37.6 Å². The number of aliphatic hydroxyl groups excluding tert-OH is 1. The van der Waals surface area contributed by atoms with Crippen LogP contribution in [0.3, 0.4) is 0 Å². The number of cyclic esters (lactones) is 1. The van der Waals surface area contributed by atoms with Crippen LogP contribution in [0.25, 0.3) is 0 Å². The average molecular weight is 296 g/mol. The molecule has 5 atom stereocenters. The number of ketones is 1. The lowest BCUT2D eigenvalue weighted by Crippen LogP contribution is -2.58. The van der Waals surface area contributed by atoms with E-state index < -0.39 is 34.5 Å². The summed E-state index contributed by atoms with van der Waals surface area (Å²) in [5.74, 6) is -1.36. The third-order valence-corrected chi connectivity index (χ3v) is 6.15. The molecule has 0 radical (unpaired) electrons. The number of esters is 2. The van der Waals surface area contributed by atoms with E-state index in [4.69, 9.17) is 9.47 Å². The molecule has 0 aromatic rings. The summed E-state index contributed by atoms with van der Waals surface area (Å²) in [5.41, 5.74) is -3.15. The molecule has 3 fully saturated rings. The van der Waals surface area contributed by atoms with Crippen LogP contribution in [0, 0.1) is 16.7 Å². The molecule has 0 amide bonds. The van der Waals surface area contributed by atoms with E-state index in [1.165, 1.54) is 6.92 Å². The van der Waals surface area contributed by atoms with E-state index in [9.17, 15) is 19.5 Å². The van der Waals surface area contributed by atoms with E-state index >= 15 is 0 Å². The smallest absolute Gasteiger partial charge is 0.307 e. The SMILES string of the molecule is CC(=O)[C@@]1(C)COC(=O)C[C@@]23CC(=O)O[C@]21C[C@@H](O)[C@H]3C. The van der Waals surface area contributed by atoms with Gasteiger partial charge in [0.1, 0.15) is 23.4 Å². The largest absolute Gasteiger partial charge is 0.464 e. The Morgan fingerprint density at radius 3 is 2.52 bits per heavy atom. The molecule has 1 saturated carbocycles. The molecule has 0 aromatic carbocycles. The molecule has 1 aliphatic carbocycles. The fourth-order valence-electron chi connectivity index (χ4n) is 4.64. The Morgan fingerprint density at radius 1 is 1.29 bits per heavy atom. The second kappa shape index (κ2) is 4.06. The van der Waals surface area contributed by atoms with Gasteiger partial charge in [-0.25, -0.2) is 0 Å². The van der Waals surface area contributed by atoms with Crippen molar-refractivity contribution < 1.29 is 29.0 Å². The Balaban J connectivity index is 2.26. The van der Waals surface area contributed by atoms with Gasteiger partial charge in [0.25, 0.3) is 0 Å². The van der Waals surface area contributed by atoms with Gasteiger partial charge in [-0.05, 0) is 19.8 Å². The van der Waals surface area contributed by atoms with Crippen molar-refractivity contribution in [2.45, 2.75) is 51.7 Å². The molecular formula is C15H20O6. The lowest BCUT2D eigenvalue weighted by Gasteiger charge is -2.47. The fraction of sp³-hybridized carbons (Fsp3) is 0.800. The highest BCUT2D eigenvalue weighted by Crippen LogP contribution is 2.67. The molecule has 0 unspecified atom stereocenters. The molecule has 3 aliphatic rings. The molecule has 116 valence electrons. The Labute approximate surface area is 122 Å². The van der Waals surface area contributed by atoms with Gasteiger partial charge in [-0.3, -0.25) is 14.4 Å². The van der Waals surface area contributed by atoms with E-state index in [1.807, 2.05) is 6.92 Å². The van der Waals surface area contributed by atoms with Crippen LogP contribution in [-0.4, -0.2) is 41.1 Å². The highest BCUT2D eigenvalue weighted by Gasteiger charge is 2.77. The molecule has 2 saturated heterocycles. The summed E-state index contributed by atoms with van der Waals surface area (Å²) in [6, 6.07) is 0. The first-order chi connectivity index (χ1) is 9.68. The van der Waals surface area contributed by atoms with Crippen molar-refractivity contribution in [2.24, 2.45) is 16.7 Å². The fourth-order valence-corrected chi connectivity index (χ4v) is 4.64. The van der Waals surface area contributed by atoms with Crippen LogP contribution in [0.4, 0.5) is 0 Å². The van der Waals surface area contributed by atoms with Crippen LogP contribution >= 0.6 is 0 Å². The average Bonchev–Trinajstić information content (AvgIpc) is 2.74. The number of carbonyl (C=O) groups is 3. The van der Waals surface area contributed by atoms with Crippen molar-refractivity contribution >= 4 is 17.7 Å². The molecule has 3 rings (SSSR count). The lowest BCUT2D eigenvalue weighted by molar-refractivity contribution is -0.178. The van der Waals surface area contributed by atoms with Crippen molar-refractivity contribution in [2.75, 3.05) is 6.61 Å². The van der Waals surface area contributed by atoms with Crippen LogP contribution in [-0.2, 0) is 23.9 Å². The van der Waals surface area contributed by atoms with E-state index in [1.54, 1.807) is 6.92 Å². The minimum absolute atomic E-state index is 0.000162. The third kappa shape index (κ3) is 1.49. The summed E-state index contributed by atoms with van der Waals surface area (Å²) in [6.45, 7) is 4.79. The number of hydrogen-bond donors (Lipinski definition) is 1. The number of Topliss-reactive ketones (excluding diaryl/α,β-unsaturated/α-hetero) is 1. The summed E-state index contributed by atoms with van der Waals surface area (Å²) in [5, 5.41) is 10.3. The lowest BCUT2D eigenvalue weighted by atomic mass is 9.57. The number of rotatable bonds is 1. The molecule has 2 heterocycles. The summed E-state index contributed by atoms with van der Waals surface area (Å²) < 4.78 is 10.9. The summed E-state index contributed by atoms with van der Waals surface area (Å²) in [4.78, 5) is 36.4. The zero-order valence-corrected chi connectivity index (χ0v) is 12.5. The maximum atomic E-state index is 12.3. The Morgan fingerprint density at radius 2 is 1.90 bits per heavy atom. The summed E-state index contributed by atoms with van der Waals surface area (Å²) in [7, 11) is 0. The second-order valence-electron chi connectivity index (χ2n) is 6.92. The maximum absolute atomic E-state index is 12.3. The van der Waals surface area contributed by atoms with Crippen molar-refractivity contribution in [3.05, 3.63) is 0 Å². The molecule has 6 heteroatoms. The predicted molar refractivity (Wildman–Crippen MR) is 70.0 cm³/mol. The Hall–Kier alpha value is -1.43. The van der Waals surface area contributed by atoms with Gasteiger partial charge >= 0.3 is 11.9 Å². The molecule has 21 heavy (non-hydrogen) atoms. The van der Waals surface area contributed by atoms with Crippen LogP contribution in [0.2, 0.25) is 0 Å². The van der Waals surface area contributed by atoms with E-state index in [2.05, 4.69) is 0 Å². The quantitative estimate of drug-likeness (QED) is 0.713. The third-order valence-electron chi connectivity index (χ3n) is 6.15. The van der Waals surface area contributed by atoms with Crippen LogP contribution in [0.1, 0.15) is 40.0 Å². The summed E-state index contributed by atoms with van der Waals surface area (Å²) >= 11 is 0. The number of carbonyl (C=O) groups excluding carboxylic acids is 3. The topological polar surface area (TPSA) is 89.9 Å². The molecule has 2 aliphatic heterocycles. The van der Waals surface area contributed by atoms with Gasteiger partial charge in [-0.2, -0.15) is 0 Å². The molecule has 0 aromatic heterocycles. The monoisotopic (exact) mass is 296 g/mol. The molecule has 6 nitrogen and oxygen atoms in total. The minimum Gasteiger partial charge on any atom is -0.464 e. The summed E-state index contributed by atoms with van der Waals surface area (Å²) in [6.07, 6.45) is -0.488. The minimum atomic E-state index is -1.16. The second-order valence-corrected chi connectivity index (χ2v) is 6.92. The number of aliphatic hydroxyl groups is 1. The highest BCUT2D eigenvalue weighted by molar-refractivity contribution is 5.88. The highest BCUT2D eigenvalue weighted by atomic mass is 16.6. The van der Waals surface area contributed by atoms with Gasteiger partial charge < -0.3 is 14.6 Å². The molecule has 0 spiro atoms. The number of ether oxygens (including phenoxy) is 2. The van der Waals surface area contributed by atoms with Gasteiger partial charge in [0.2, 0.25) is 0 Å². The molecule has 0 bridgehead atoms. The maximum Gasteiger partial charge on any atom is 0.307 e. The van der Waals surface area contributed by atoms with Crippen LogP contribution in [0.5, 0.6) is 0 Å². The Bertz CT molecular complexity index is 542. The predicted octanol–water partition coefficient (Wildman–Crippen LogP) is 0.601. The first-order valence-electron chi connectivity index (χ1n) is 7.25. The molecule has 1 N–H and O–H groups in total.